The first-order chi connectivity index (χ1) is 12.9. The third-order valence-electron chi connectivity index (χ3n) is 4.46. The first-order valence-electron chi connectivity index (χ1n) is 8.56. The molecule has 0 aliphatic carbocycles. The average molecular weight is 367 g/mol. The van der Waals surface area contributed by atoms with Crippen LogP contribution in [0.5, 0.6) is 5.75 Å². The van der Waals surface area contributed by atoms with Gasteiger partial charge < -0.3 is 15.2 Å². The van der Waals surface area contributed by atoms with Crippen LogP contribution < -0.4 is 10.5 Å². The Bertz CT molecular complexity index is 902. The molecular weight excluding hydrogens is 342 g/mol. The van der Waals surface area contributed by atoms with Gasteiger partial charge in [-0.05, 0) is 66.9 Å². The summed E-state index contributed by atoms with van der Waals surface area (Å²) in [5, 5.41) is 3.08. The van der Waals surface area contributed by atoms with Gasteiger partial charge in [-0.2, -0.15) is 0 Å². The van der Waals surface area contributed by atoms with E-state index in [1.54, 1.807) is 26.3 Å². The van der Waals surface area contributed by atoms with Crippen LogP contribution in [-0.4, -0.2) is 20.1 Å². The van der Waals surface area contributed by atoms with Crippen LogP contribution in [0.25, 0.3) is 5.70 Å². The van der Waals surface area contributed by atoms with E-state index in [4.69, 9.17) is 15.2 Å². The van der Waals surface area contributed by atoms with Crippen LogP contribution in [0.3, 0.4) is 0 Å². The Balaban J connectivity index is 2.26. The molecule has 0 radical (unpaired) electrons. The minimum atomic E-state index is 0.272. The van der Waals surface area contributed by atoms with E-state index in [-0.39, 0.29) is 6.61 Å². The number of methoxy groups -OCH3 is 1. The third kappa shape index (κ3) is 4.53. The van der Waals surface area contributed by atoms with Crippen molar-refractivity contribution in [3.05, 3.63) is 69.1 Å². The summed E-state index contributed by atoms with van der Waals surface area (Å²) in [5.41, 5.74) is 11.6. The summed E-state index contributed by atoms with van der Waals surface area (Å²) in [4.78, 5) is 15.1. The smallest absolute Gasteiger partial charge is 0.213 e. The molecule has 0 saturated heterocycles. The van der Waals surface area contributed by atoms with Crippen LogP contribution in [0.2, 0.25) is 0 Å². The fourth-order valence-electron chi connectivity index (χ4n) is 2.83. The number of aliphatic imine (C=N–C) groups is 1. The first kappa shape index (κ1) is 20.2. The van der Waals surface area contributed by atoms with E-state index in [0.717, 1.165) is 33.6 Å². The highest BCUT2D eigenvalue weighted by Crippen LogP contribution is 2.27. The second-order valence-electron chi connectivity index (χ2n) is 6.20. The summed E-state index contributed by atoms with van der Waals surface area (Å²) < 4.78 is 11.2. The maximum Gasteiger partial charge on any atom is 0.213 e. The lowest BCUT2D eigenvalue weighted by Crippen LogP contribution is -2.10. The molecule has 0 spiro atoms. The highest BCUT2D eigenvalue weighted by molar-refractivity contribution is 6.00. The van der Waals surface area contributed by atoms with Gasteiger partial charge in [0.15, 0.2) is 0 Å². The van der Waals surface area contributed by atoms with E-state index in [1.165, 1.54) is 0 Å². The van der Waals surface area contributed by atoms with Crippen molar-refractivity contribution in [2.45, 2.75) is 27.4 Å². The summed E-state index contributed by atoms with van der Waals surface area (Å²) >= 11 is 0. The second-order valence-corrected chi connectivity index (χ2v) is 6.20. The van der Waals surface area contributed by atoms with E-state index < -0.39 is 0 Å². The van der Waals surface area contributed by atoms with E-state index in [2.05, 4.69) is 10.2 Å². The predicted octanol–water partition coefficient (Wildman–Crippen LogP) is 4.64. The minimum absolute atomic E-state index is 0.272. The largest absolute Gasteiger partial charge is 0.489 e. The zero-order valence-electron chi connectivity index (χ0n) is 16.4. The van der Waals surface area contributed by atoms with Gasteiger partial charge in [0.05, 0.1) is 7.11 Å². The standard InChI is InChI=1S/C21H25N3O3/c1-13-7-6-8-18(24-25)17(13)12-27-19-10-9-16(11-14(19)2)20(22)15(3)21(23-4)26-5/h6-11H,12,22H2,1-5H3. The SMILES string of the molecule is CN=C(OC)C(C)=C(N)c1ccc(OCc2c(C)cccc2N=O)c(C)c1. The molecule has 0 aliphatic rings. The van der Waals surface area contributed by atoms with Crippen LogP contribution in [0.15, 0.2) is 52.1 Å². The molecule has 0 unspecified atom stereocenters. The molecule has 0 aromatic heterocycles. The number of nitrogens with zero attached hydrogens (tertiary/aromatic N) is 2. The van der Waals surface area contributed by atoms with E-state index in [1.807, 2.05) is 45.0 Å². The molecule has 2 aromatic rings. The van der Waals surface area contributed by atoms with Gasteiger partial charge in [-0.1, -0.05) is 12.1 Å². The van der Waals surface area contributed by atoms with Gasteiger partial charge in [-0.25, -0.2) is 0 Å². The minimum Gasteiger partial charge on any atom is -0.489 e. The van der Waals surface area contributed by atoms with Crippen molar-refractivity contribution >= 4 is 17.3 Å². The second kappa shape index (κ2) is 8.98. The van der Waals surface area contributed by atoms with Crippen molar-refractivity contribution in [1.29, 1.82) is 0 Å². The van der Waals surface area contributed by atoms with Crippen molar-refractivity contribution in [3.8, 4) is 5.75 Å². The molecule has 0 heterocycles. The molecule has 0 saturated carbocycles. The number of benzene rings is 2. The lowest BCUT2D eigenvalue weighted by molar-refractivity contribution is 0.304. The Labute approximate surface area is 159 Å². The number of ether oxygens (including phenoxy) is 2. The Kier molecular flexibility index (Phi) is 6.71. The maximum atomic E-state index is 11.0. The molecule has 0 atom stereocenters. The Morgan fingerprint density at radius 2 is 1.89 bits per heavy atom. The summed E-state index contributed by atoms with van der Waals surface area (Å²) in [7, 11) is 3.22. The summed E-state index contributed by atoms with van der Waals surface area (Å²) in [6, 6.07) is 11.1. The quantitative estimate of drug-likeness (QED) is 0.457. The van der Waals surface area contributed by atoms with Gasteiger partial charge in [0, 0.05) is 23.9 Å². The number of hydrogen-bond acceptors (Lipinski definition) is 6. The van der Waals surface area contributed by atoms with E-state index >= 15 is 0 Å². The van der Waals surface area contributed by atoms with Crippen LogP contribution in [-0.2, 0) is 11.3 Å². The van der Waals surface area contributed by atoms with E-state index in [0.29, 0.717) is 17.3 Å². The van der Waals surface area contributed by atoms with Crippen molar-refractivity contribution < 1.29 is 9.47 Å². The van der Waals surface area contributed by atoms with Gasteiger partial charge in [-0.3, -0.25) is 4.99 Å². The van der Waals surface area contributed by atoms with E-state index in [9.17, 15) is 4.91 Å². The van der Waals surface area contributed by atoms with Crippen LogP contribution in [0.1, 0.15) is 29.2 Å². The Morgan fingerprint density at radius 1 is 1.15 bits per heavy atom. The van der Waals surface area contributed by atoms with Crippen LogP contribution in [0.4, 0.5) is 5.69 Å². The van der Waals surface area contributed by atoms with Gasteiger partial charge in [0.25, 0.3) is 0 Å². The zero-order chi connectivity index (χ0) is 20.0. The highest BCUT2D eigenvalue weighted by Gasteiger charge is 2.11. The first-order valence-corrected chi connectivity index (χ1v) is 8.56. The molecule has 6 nitrogen and oxygen atoms in total. The summed E-state index contributed by atoms with van der Waals surface area (Å²) in [6.45, 7) is 6.02. The Morgan fingerprint density at radius 3 is 2.48 bits per heavy atom. The topological polar surface area (TPSA) is 86.3 Å². The fourth-order valence-corrected chi connectivity index (χ4v) is 2.83. The highest BCUT2D eigenvalue weighted by atomic mass is 16.5. The molecule has 0 fully saturated rings. The van der Waals surface area contributed by atoms with Crippen molar-refractivity contribution in [3.63, 3.8) is 0 Å². The summed E-state index contributed by atoms with van der Waals surface area (Å²) in [5.74, 6) is 1.22. The predicted molar refractivity (Wildman–Crippen MR) is 109 cm³/mol. The van der Waals surface area contributed by atoms with Gasteiger partial charge in [0.2, 0.25) is 5.90 Å². The number of nitrogens with two attached hydrogens (primary N) is 1. The third-order valence-corrected chi connectivity index (χ3v) is 4.46. The molecular formula is C21H25N3O3. The molecule has 27 heavy (non-hydrogen) atoms. The number of hydrogen-bond donors (Lipinski definition) is 1. The molecule has 2 aromatic carbocycles. The molecule has 0 bridgehead atoms. The zero-order valence-corrected chi connectivity index (χ0v) is 16.4. The molecule has 2 rings (SSSR count). The van der Waals surface area contributed by atoms with Gasteiger partial charge in [0.1, 0.15) is 18.0 Å². The molecule has 2 N–H and O–H groups in total. The number of rotatable bonds is 6. The monoisotopic (exact) mass is 367 g/mol. The molecule has 142 valence electrons. The normalized spacial score (nSPS) is 12.4. The van der Waals surface area contributed by atoms with Crippen molar-refractivity contribution in [2.24, 2.45) is 15.9 Å². The molecule has 0 aliphatic heterocycles. The average Bonchev–Trinajstić information content (AvgIpc) is 2.67. The van der Waals surface area contributed by atoms with Crippen molar-refractivity contribution in [1.82, 2.24) is 0 Å². The Hall–Kier alpha value is -3.15. The van der Waals surface area contributed by atoms with Crippen molar-refractivity contribution in [2.75, 3.05) is 14.2 Å². The summed E-state index contributed by atoms with van der Waals surface area (Å²) in [6.07, 6.45) is 0. The van der Waals surface area contributed by atoms with Crippen LogP contribution in [0, 0.1) is 18.8 Å². The number of aryl methyl sites for hydroxylation is 2. The van der Waals surface area contributed by atoms with Gasteiger partial charge >= 0.3 is 0 Å². The fraction of sp³-hybridized carbons (Fsp3) is 0.286. The van der Waals surface area contributed by atoms with Crippen LogP contribution >= 0.6 is 0 Å². The molecule has 6 heteroatoms. The molecule has 0 amide bonds. The number of nitroso groups, excluding NO2 is 1. The lowest BCUT2D eigenvalue weighted by atomic mass is 10.0. The maximum absolute atomic E-state index is 11.0. The lowest BCUT2D eigenvalue weighted by Gasteiger charge is -2.14. The van der Waals surface area contributed by atoms with Gasteiger partial charge in [-0.15, -0.1) is 4.91 Å².